The van der Waals surface area contributed by atoms with Crippen LogP contribution < -0.4 is 5.32 Å². The fourth-order valence-electron chi connectivity index (χ4n) is 2.46. The zero-order chi connectivity index (χ0) is 13.8. The predicted octanol–water partition coefficient (Wildman–Crippen LogP) is 1.17. The van der Waals surface area contributed by atoms with E-state index in [0.29, 0.717) is 5.92 Å². The first-order valence-electron chi connectivity index (χ1n) is 7.04. The van der Waals surface area contributed by atoms with Crippen molar-refractivity contribution >= 4 is 5.91 Å². The molecule has 0 bridgehead atoms. The average Bonchev–Trinajstić information content (AvgIpc) is 2.71. The van der Waals surface area contributed by atoms with Gasteiger partial charge in [-0.3, -0.25) is 4.79 Å². The molecule has 106 valence electrons. The summed E-state index contributed by atoms with van der Waals surface area (Å²) in [5, 5.41) is 3.37. The molecule has 4 heteroatoms. The summed E-state index contributed by atoms with van der Waals surface area (Å²) in [6, 6.07) is 0. The number of likely N-dealkylation sites (N-methyl/N-ethyl adjacent to an activating group) is 1. The fraction of sp³-hybridized carbons (Fsp3) is 0.929. The molecule has 1 N–H and O–H groups in total. The van der Waals surface area contributed by atoms with Crippen LogP contribution in [0.25, 0.3) is 0 Å². The number of nitrogens with zero attached hydrogens (tertiary/aromatic N) is 2. The van der Waals surface area contributed by atoms with Crippen LogP contribution in [0, 0.1) is 5.92 Å². The Morgan fingerprint density at radius 1 is 1.33 bits per heavy atom. The van der Waals surface area contributed by atoms with Crippen LogP contribution >= 0.6 is 0 Å². The maximum atomic E-state index is 12.7. The lowest BCUT2D eigenvalue weighted by atomic mass is 9.97. The third-order valence-corrected chi connectivity index (χ3v) is 3.53. The van der Waals surface area contributed by atoms with E-state index >= 15 is 0 Å². The smallest absolute Gasteiger partial charge is 0.242 e. The number of hydrogen-bond donors (Lipinski definition) is 1. The molecule has 1 aliphatic rings. The van der Waals surface area contributed by atoms with E-state index in [1.54, 1.807) is 0 Å². The van der Waals surface area contributed by atoms with Gasteiger partial charge in [-0.2, -0.15) is 0 Å². The molecule has 1 aliphatic heterocycles. The van der Waals surface area contributed by atoms with Gasteiger partial charge in [0.25, 0.3) is 0 Å². The van der Waals surface area contributed by atoms with E-state index in [2.05, 4.69) is 24.1 Å². The maximum absolute atomic E-state index is 12.7. The van der Waals surface area contributed by atoms with Crippen molar-refractivity contribution in [1.29, 1.82) is 0 Å². The van der Waals surface area contributed by atoms with Crippen LogP contribution in [0.2, 0.25) is 0 Å². The Kier molecular flexibility index (Phi) is 5.60. The van der Waals surface area contributed by atoms with Gasteiger partial charge in [0.15, 0.2) is 0 Å². The molecule has 0 spiro atoms. The summed E-state index contributed by atoms with van der Waals surface area (Å²) in [4.78, 5) is 16.8. The second-order valence-electron chi connectivity index (χ2n) is 6.31. The Hall–Kier alpha value is -0.610. The average molecular weight is 255 g/mol. The van der Waals surface area contributed by atoms with Gasteiger partial charge < -0.3 is 15.1 Å². The highest BCUT2D eigenvalue weighted by atomic mass is 16.2. The quantitative estimate of drug-likeness (QED) is 0.774. The van der Waals surface area contributed by atoms with Gasteiger partial charge in [0.05, 0.1) is 5.54 Å². The first kappa shape index (κ1) is 15.4. The number of carbonyl (C=O) groups excluding carboxylic acids is 1. The summed E-state index contributed by atoms with van der Waals surface area (Å²) in [6.07, 6.45) is 2.06. The lowest BCUT2D eigenvalue weighted by Crippen LogP contribution is -2.54. The van der Waals surface area contributed by atoms with E-state index in [1.807, 2.05) is 25.9 Å². The molecule has 0 saturated carbocycles. The summed E-state index contributed by atoms with van der Waals surface area (Å²) in [5.41, 5.74) is -0.332. The van der Waals surface area contributed by atoms with Crippen LogP contribution in [0.1, 0.15) is 33.6 Å². The Morgan fingerprint density at radius 3 is 2.44 bits per heavy atom. The zero-order valence-electron chi connectivity index (χ0n) is 12.6. The van der Waals surface area contributed by atoms with E-state index < -0.39 is 0 Å². The van der Waals surface area contributed by atoms with Gasteiger partial charge in [0, 0.05) is 19.6 Å². The maximum Gasteiger partial charge on any atom is 0.242 e. The molecule has 1 saturated heterocycles. The van der Waals surface area contributed by atoms with E-state index in [4.69, 9.17) is 0 Å². The van der Waals surface area contributed by atoms with E-state index in [-0.39, 0.29) is 11.4 Å². The molecule has 18 heavy (non-hydrogen) atoms. The minimum atomic E-state index is -0.332. The zero-order valence-corrected chi connectivity index (χ0v) is 12.6. The van der Waals surface area contributed by atoms with Crippen LogP contribution in [0.15, 0.2) is 0 Å². The first-order chi connectivity index (χ1) is 8.35. The summed E-state index contributed by atoms with van der Waals surface area (Å²) >= 11 is 0. The minimum absolute atomic E-state index is 0.274. The number of hydrogen-bond acceptors (Lipinski definition) is 3. The number of amides is 1. The van der Waals surface area contributed by atoms with Crippen molar-refractivity contribution in [3.8, 4) is 0 Å². The molecular formula is C14H29N3O. The van der Waals surface area contributed by atoms with Crippen LogP contribution in [-0.4, -0.2) is 61.5 Å². The predicted molar refractivity (Wildman–Crippen MR) is 75.6 cm³/mol. The molecular weight excluding hydrogens is 226 g/mol. The second kappa shape index (κ2) is 6.53. The SMILES string of the molecule is CC(C)CN(CCN(C)C)C(=O)C1(C)CCCN1. The first-order valence-corrected chi connectivity index (χ1v) is 7.04. The van der Waals surface area contributed by atoms with Gasteiger partial charge in [-0.1, -0.05) is 13.8 Å². The molecule has 1 rings (SSSR count). The minimum Gasteiger partial charge on any atom is -0.340 e. The molecule has 1 heterocycles. The monoisotopic (exact) mass is 255 g/mol. The van der Waals surface area contributed by atoms with Gasteiger partial charge in [-0.25, -0.2) is 0 Å². The van der Waals surface area contributed by atoms with Crippen molar-refractivity contribution in [3.63, 3.8) is 0 Å². The van der Waals surface area contributed by atoms with Crippen molar-refractivity contribution in [2.75, 3.05) is 40.3 Å². The van der Waals surface area contributed by atoms with Crippen molar-refractivity contribution < 1.29 is 4.79 Å². The molecule has 1 atom stereocenters. The van der Waals surface area contributed by atoms with Gasteiger partial charge in [0.2, 0.25) is 5.91 Å². The Balaban J connectivity index is 2.65. The molecule has 4 nitrogen and oxygen atoms in total. The van der Waals surface area contributed by atoms with Crippen molar-refractivity contribution in [1.82, 2.24) is 15.1 Å². The molecule has 1 amide bonds. The van der Waals surface area contributed by atoms with Gasteiger partial charge >= 0.3 is 0 Å². The van der Waals surface area contributed by atoms with Crippen molar-refractivity contribution in [3.05, 3.63) is 0 Å². The van der Waals surface area contributed by atoms with Crippen LogP contribution in [0.3, 0.4) is 0 Å². The van der Waals surface area contributed by atoms with E-state index in [9.17, 15) is 4.79 Å². The third-order valence-electron chi connectivity index (χ3n) is 3.53. The highest BCUT2D eigenvalue weighted by molar-refractivity contribution is 5.86. The summed E-state index contributed by atoms with van der Waals surface area (Å²) < 4.78 is 0. The summed E-state index contributed by atoms with van der Waals surface area (Å²) in [7, 11) is 4.10. The van der Waals surface area contributed by atoms with Gasteiger partial charge in [0.1, 0.15) is 0 Å². The molecule has 1 unspecified atom stereocenters. The Morgan fingerprint density at radius 2 is 2.00 bits per heavy atom. The summed E-state index contributed by atoms with van der Waals surface area (Å²) in [5.74, 6) is 0.789. The largest absolute Gasteiger partial charge is 0.340 e. The highest BCUT2D eigenvalue weighted by Crippen LogP contribution is 2.21. The standard InChI is InChI=1S/C14H29N3O/c1-12(2)11-17(10-9-16(4)5)13(18)14(3)7-6-8-15-14/h12,15H,6-11H2,1-5H3. The van der Waals surface area contributed by atoms with E-state index in [1.165, 1.54) is 0 Å². The molecule has 0 aromatic rings. The number of rotatable bonds is 6. The highest BCUT2D eigenvalue weighted by Gasteiger charge is 2.38. The molecule has 0 aliphatic carbocycles. The Bertz CT molecular complexity index is 270. The van der Waals surface area contributed by atoms with Crippen LogP contribution in [-0.2, 0) is 4.79 Å². The van der Waals surface area contributed by atoms with E-state index in [0.717, 1.165) is 39.0 Å². The fourth-order valence-corrected chi connectivity index (χ4v) is 2.46. The van der Waals surface area contributed by atoms with Crippen LogP contribution in [0.5, 0.6) is 0 Å². The van der Waals surface area contributed by atoms with Crippen molar-refractivity contribution in [2.24, 2.45) is 5.92 Å². The van der Waals surface area contributed by atoms with Gasteiger partial charge in [-0.15, -0.1) is 0 Å². The molecule has 1 fully saturated rings. The van der Waals surface area contributed by atoms with Gasteiger partial charge in [-0.05, 0) is 46.3 Å². The third kappa shape index (κ3) is 4.25. The van der Waals surface area contributed by atoms with Crippen LogP contribution in [0.4, 0.5) is 0 Å². The second-order valence-corrected chi connectivity index (χ2v) is 6.31. The number of nitrogens with one attached hydrogen (secondary N) is 1. The molecule has 0 radical (unpaired) electrons. The normalized spacial score (nSPS) is 23.9. The lowest BCUT2D eigenvalue weighted by Gasteiger charge is -2.33. The summed E-state index contributed by atoms with van der Waals surface area (Å²) in [6.45, 7) is 9.94. The topological polar surface area (TPSA) is 35.6 Å². The molecule has 0 aromatic heterocycles. The molecule has 0 aromatic carbocycles. The van der Waals surface area contributed by atoms with Crippen molar-refractivity contribution in [2.45, 2.75) is 39.2 Å². The number of carbonyl (C=O) groups is 1. The lowest BCUT2D eigenvalue weighted by molar-refractivity contribution is -0.137. The Labute approximate surface area is 112 Å².